The van der Waals surface area contributed by atoms with Gasteiger partial charge < -0.3 is 10.6 Å². The fourth-order valence-corrected chi connectivity index (χ4v) is 3.12. The van der Waals surface area contributed by atoms with Crippen molar-refractivity contribution in [3.63, 3.8) is 0 Å². The highest BCUT2D eigenvalue weighted by atomic mass is 35.5. The molecule has 1 atom stereocenters. The second-order valence-corrected chi connectivity index (χ2v) is 6.45. The quantitative estimate of drug-likeness (QED) is 0.849. The lowest BCUT2D eigenvalue weighted by molar-refractivity contribution is -0.117. The monoisotopic (exact) mass is 307 g/mol. The molecular weight excluding hydrogens is 286 g/mol. The van der Waals surface area contributed by atoms with Gasteiger partial charge in [0.25, 0.3) is 0 Å². The van der Waals surface area contributed by atoms with E-state index in [1.807, 2.05) is 12.1 Å². The van der Waals surface area contributed by atoms with Gasteiger partial charge in [0, 0.05) is 29.3 Å². The molecule has 21 heavy (non-hydrogen) atoms. The molecular formula is C16H22ClN3O. The topological polar surface area (TPSA) is 44.4 Å². The van der Waals surface area contributed by atoms with Crippen molar-refractivity contribution in [3.8, 4) is 0 Å². The van der Waals surface area contributed by atoms with Crippen molar-refractivity contribution in [2.45, 2.75) is 37.8 Å². The molecule has 1 aliphatic carbocycles. The molecule has 0 radical (unpaired) electrons. The molecule has 3 rings (SSSR count). The number of carbonyl (C=O) groups is 1. The average molecular weight is 308 g/mol. The first-order valence-corrected chi connectivity index (χ1v) is 8.11. The maximum atomic E-state index is 12.2. The summed E-state index contributed by atoms with van der Waals surface area (Å²) in [6.07, 6.45) is 4.91. The van der Waals surface area contributed by atoms with E-state index in [4.69, 9.17) is 11.6 Å². The van der Waals surface area contributed by atoms with Crippen LogP contribution in [0.3, 0.4) is 0 Å². The molecule has 1 amide bonds. The van der Waals surface area contributed by atoms with Crippen LogP contribution in [0, 0.1) is 0 Å². The zero-order valence-corrected chi connectivity index (χ0v) is 12.9. The molecule has 4 nitrogen and oxygen atoms in total. The third-order valence-electron chi connectivity index (χ3n) is 4.14. The molecule has 114 valence electrons. The van der Waals surface area contributed by atoms with Crippen LogP contribution < -0.4 is 10.6 Å². The molecule has 1 heterocycles. The molecule has 0 spiro atoms. The summed E-state index contributed by atoms with van der Waals surface area (Å²) in [5, 5.41) is 7.09. The van der Waals surface area contributed by atoms with Gasteiger partial charge in [-0.3, -0.25) is 9.69 Å². The van der Waals surface area contributed by atoms with Crippen LogP contribution in [0.1, 0.15) is 25.7 Å². The molecule has 0 aromatic heterocycles. The Morgan fingerprint density at radius 1 is 1.38 bits per heavy atom. The van der Waals surface area contributed by atoms with E-state index in [1.165, 1.54) is 25.7 Å². The Bertz CT molecular complexity index is 498. The summed E-state index contributed by atoms with van der Waals surface area (Å²) in [7, 11) is 0. The largest absolute Gasteiger partial charge is 0.325 e. The Kier molecular flexibility index (Phi) is 4.78. The lowest BCUT2D eigenvalue weighted by Gasteiger charge is -2.24. The normalized spacial score (nSPS) is 21.7. The number of hydrogen-bond acceptors (Lipinski definition) is 3. The highest BCUT2D eigenvalue weighted by molar-refractivity contribution is 6.30. The van der Waals surface area contributed by atoms with Crippen molar-refractivity contribution >= 4 is 23.2 Å². The van der Waals surface area contributed by atoms with E-state index >= 15 is 0 Å². The standard InChI is InChI=1S/C16H22ClN3O/c17-12-3-1-4-13(9-12)19-16(21)11-20(15-6-7-15)10-14-5-2-8-18-14/h1,3-4,9,14-15,18H,2,5-8,10-11H2,(H,19,21). The number of hydrogen-bond donors (Lipinski definition) is 2. The number of carbonyl (C=O) groups excluding carboxylic acids is 1. The van der Waals surface area contributed by atoms with Crippen LogP contribution in [0.15, 0.2) is 24.3 Å². The fraction of sp³-hybridized carbons (Fsp3) is 0.562. The molecule has 1 aromatic carbocycles. The smallest absolute Gasteiger partial charge is 0.238 e. The summed E-state index contributed by atoms with van der Waals surface area (Å²) in [4.78, 5) is 14.5. The highest BCUT2D eigenvalue weighted by Gasteiger charge is 2.32. The molecule has 2 N–H and O–H groups in total. The minimum Gasteiger partial charge on any atom is -0.325 e. The minimum absolute atomic E-state index is 0.0437. The number of halogens is 1. The van der Waals surface area contributed by atoms with Crippen LogP contribution in [0.2, 0.25) is 5.02 Å². The van der Waals surface area contributed by atoms with Crippen LogP contribution in [-0.2, 0) is 4.79 Å². The van der Waals surface area contributed by atoms with Gasteiger partial charge in [0.05, 0.1) is 6.54 Å². The lowest BCUT2D eigenvalue weighted by Crippen LogP contribution is -2.42. The first-order valence-electron chi connectivity index (χ1n) is 7.73. The maximum Gasteiger partial charge on any atom is 0.238 e. The van der Waals surface area contributed by atoms with Crippen molar-refractivity contribution in [1.29, 1.82) is 0 Å². The van der Waals surface area contributed by atoms with Crippen LogP contribution in [0.4, 0.5) is 5.69 Å². The Labute approximate surface area is 130 Å². The van der Waals surface area contributed by atoms with Crippen LogP contribution in [-0.4, -0.2) is 42.5 Å². The summed E-state index contributed by atoms with van der Waals surface area (Å²) < 4.78 is 0. The summed E-state index contributed by atoms with van der Waals surface area (Å²) in [5.74, 6) is 0.0437. The van der Waals surface area contributed by atoms with Crippen molar-refractivity contribution in [3.05, 3.63) is 29.3 Å². The Balaban J connectivity index is 1.53. The van der Waals surface area contributed by atoms with Gasteiger partial charge in [-0.2, -0.15) is 0 Å². The molecule has 1 aliphatic heterocycles. The zero-order chi connectivity index (χ0) is 14.7. The van der Waals surface area contributed by atoms with Gasteiger partial charge in [-0.05, 0) is 50.4 Å². The molecule has 1 saturated heterocycles. The summed E-state index contributed by atoms with van der Waals surface area (Å²) in [6, 6.07) is 8.43. The van der Waals surface area contributed by atoms with Gasteiger partial charge in [-0.1, -0.05) is 17.7 Å². The summed E-state index contributed by atoms with van der Waals surface area (Å²) in [6.45, 7) is 2.56. The number of benzene rings is 1. The van der Waals surface area contributed by atoms with Gasteiger partial charge in [0.2, 0.25) is 5.91 Å². The number of anilines is 1. The zero-order valence-electron chi connectivity index (χ0n) is 12.1. The summed E-state index contributed by atoms with van der Waals surface area (Å²) >= 11 is 5.94. The van der Waals surface area contributed by atoms with E-state index in [2.05, 4.69) is 15.5 Å². The van der Waals surface area contributed by atoms with Crippen molar-refractivity contribution in [1.82, 2.24) is 10.2 Å². The van der Waals surface area contributed by atoms with Gasteiger partial charge in [-0.15, -0.1) is 0 Å². The first kappa shape index (κ1) is 14.8. The van der Waals surface area contributed by atoms with E-state index in [9.17, 15) is 4.79 Å². The second kappa shape index (κ2) is 6.77. The fourth-order valence-electron chi connectivity index (χ4n) is 2.93. The lowest BCUT2D eigenvalue weighted by atomic mass is 10.2. The van der Waals surface area contributed by atoms with Crippen LogP contribution in [0.5, 0.6) is 0 Å². The van der Waals surface area contributed by atoms with Crippen LogP contribution >= 0.6 is 11.6 Å². The van der Waals surface area contributed by atoms with E-state index < -0.39 is 0 Å². The molecule has 0 bridgehead atoms. The van der Waals surface area contributed by atoms with E-state index in [0.717, 1.165) is 18.8 Å². The first-order chi connectivity index (χ1) is 10.2. The third-order valence-corrected chi connectivity index (χ3v) is 4.37. The number of nitrogens with one attached hydrogen (secondary N) is 2. The van der Waals surface area contributed by atoms with Crippen molar-refractivity contribution in [2.75, 3.05) is 25.0 Å². The third kappa shape index (κ3) is 4.43. The summed E-state index contributed by atoms with van der Waals surface area (Å²) in [5.41, 5.74) is 0.766. The maximum absolute atomic E-state index is 12.2. The van der Waals surface area contributed by atoms with Gasteiger partial charge in [0.1, 0.15) is 0 Å². The highest BCUT2D eigenvalue weighted by Crippen LogP contribution is 2.27. The molecule has 1 unspecified atom stereocenters. The minimum atomic E-state index is 0.0437. The average Bonchev–Trinajstić information content (AvgIpc) is 3.17. The van der Waals surface area contributed by atoms with E-state index in [1.54, 1.807) is 12.1 Å². The van der Waals surface area contributed by atoms with E-state index in [0.29, 0.717) is 23.7 Å². The number of rotatable bonds is 6. The molecule has 1 aromatic rings. The van der Waals surface area contributed by atoms with Gasteiger partial charge in [-0.25, -0.2) is 0 Å². The molecule has 2 aliphatic rings. The Morgan fingerprint density at radius 2 is 2.24 bits per heavy atom. The molecule has 5 heteroatoms. The molecule has 1 saturated carbocycles. The van der Waals surface area contributed by atoms with Crippen LogP contribution in [0.25, 0.3) is 0 Å². The Morgan fingerprint density at radius 3 is 2.90 bits per heavy atom. The van der Waals surface area contributed by atoms with Gasteiger partial charge >= 0.3 is 0 Å². The second-order valence-electron chi connectivity index (χ2n) is 6.01. The number of nitrogens with zero attached hydrogens (tertiary/aromatic N) is 1. The van der Waals surface area contributed by atoms with E-state index in [-0.39, 0.29) is 5.91 Å². The molecule has 2 fully saturated rings. The predicted molar refractivity (Wildman–Crippen MR) is 85.7 cm³/mol. The van der Waals surface area contributed by atoms with Crippen molar-refractivity contribution in [2.24, 2.45) is 0 Å². The van der Waals surface area contributed by atoms with Gasteiger partial charge in [0.15, 0.2) is 0 Å². The predicted octanol–water partition coefficient (Wildman–Crippen LogP) is 2.49. The van der Waals surface area contributed by atoms with Crippen molar-refractivity contribution < 1.29 is 4.79 Å². The Hall–Kier alpha value is -1.10. The SMILES string of the molecule is O=C(CN(CC1CCCN1)C1CC1)Nc1cccc(Cl)c1. The number of amides is 1.